The van der Waals surface area contributed by atoms with Gasteiger partial charge in [-0.15, -0.1) is 0 Å². The van der Waals surface area contributed by atoms with Crippen LogP contribution < -0.4 is 5.32 Å². The summed E-state index contributed by atoms with van der Waals surface area (Å²) in [5, 5.41) is 3.23. The number of carbonyl (C=O) groups excluding carboxylic acids is 4. The van der Waals surface area contributed by atoms with Crippen molar-refractivity contribution < 1.29 is 28.7 Å². The van der Waals surface area contributed by atoms with Crippen LogP contribution in [0.5, 0.6) is 0 Å². The second-order valence-electron chi connectivity index (χ2n) is 20.3. The van der Waals surface area contributed by atoms with Crippen LogP contribution in [0.3, 0.4) is 0 Å². The minimum atomic E-state index is -0.453. The van der Waals surface area contributed by atoms with Gasteiger partial charge in [-0.25, -0.2) is 0 Å². The van der Waals surface area contributed by atoms with Gasteiger partial charge in [-0.05, 0) is 103 Å². The molecular weight excluding hydrogens is 823 g/mol. The maximum atomic E-state index is 14.1. The molecule has 66 heavy (non-hydrogen) atoms. The molecular formula is C57H111N3O6. The highest BCUT2D eigenvalue weighted by atomic mass is 16.5. The van der Waals surface area contributed by atoms with E-state index in [-0.39, 0.29) is 23.8 Å². The molecule has 0 radical (unpaired) electrons. The van der Waals surface area contributed by atoms with E-state index in [4.69, 9.17) is 9.47 Å². The number of nitrogens with zero attached hydrogens (tertiary/aromatic N) is 2. The molecule has 0 saturated heterocycles. The zero-order valence-electron chi connectivity index (χ0n) is 45.0. The first kappa shape index (κ1) is 63.8. The van der Waals surface area contributed by atoms with E-state index in [1.165, 1.54) is 103 Å². The van der Waals surface area contributed by atoms with E-state index >= 15 is 0 Å². The lowest BCUT2D eigenvalue weighted by Gasteiger charge is -2.32. The first-order valence-electron chi connectivity index (χ1n) is 28.7. The van der Waals surface area contributed by atoms with Crippen molar-refractivity contribution >= 4 is 23.8 Å². The molecule has 2 amide bonds. The Bertz CT molecular complexity index is 1120. The summed E-state index contributed by atoms with van der Waals surface area (Å²) >= 11 is 0. The Labute approximate surface area is 409 Å². The smallest absolute Gasteiger partial charge is 0.305 e. The zero-order chi connectivity index (χ0) is 48.7. The Kier molecular flexibility index (Phi) is 46.3. The normalized spacial score (nSPS) is 12.8. The van der Waals surface area contributed by atoms with Crippen molar-refractivity contribution in [1.82, 2.24) is 15.1 Å². The first-order chi connectivity index (χ1) is 32.1. The SMILES string of the molecule is CCCCCCCCNC(=O)C(CCCN(C)C)N(CCCCCCCCC(=O)OCC(CCCC)CCCCCC)C(=O)CCCCCCCC(=O)OCC(CCCC)CCCCCC. The number of nitrogens with one attached hydrogen (secondary N) is 1. The number of rotatable bonds is 50. The minimum absolute atomic E-state index is 0.00390. The summed E-state index contributed by atoms with van der Waals surface area (Å²) in [7, 11) is 4.12. The van der Waals surface area contributed by atoms with Gasteiger partial charge < -0.3 is 24.6 Å². The lowest BCUT2D eigenvalue weighted by Crippen LogP contribution is -2.50. The second-order valence-corrected chi connectivity index (χ2v) is 20.3. The summed E-state index contributed by atoms with van der Waals surface area (Å²) in [6.45, 7) is 14.4. The molecule has 9 nitrogen and oxygen atoms in total. The van der Waals surface area contributed by atoms with Crippen LogP contribution in [0.2, 0.25) is 0 Å². The lowest BCUT2D eigenvalue weighted by atomic mass is 9.96. The van der Waals surface area contributed by atoms with Gasteiger partial charge in [0.25, 0.3) is 0 Å². The summed E-state index contributed by atoms with van der Waals surface area (Å²) in [6, 6.07) is -0.453. The quantitative estimate of drug-likeness (QED) is 0.0478. The van der Waals surface area contributed by atoms with Crippen LogP contribution in [0.15, 0.2) is 0 Å². The van der Waals surface area contributed by atoms with E-state index < -0.39 is 6.04 Å². The molecule has 9 heteroatoms. The number of ether oxygens (including phenoxy) is 2. The lowest BCUT2D eigenvalue weighted by molar-refractivity contribution is -0.146. The van der Waals surface area contributed by atoms with Crippen molar-refractivity contribution in [2.24, 2.45) is 11.8 Å². The number of unbranched alkanes of at least 4 members (excludes halogenated alkanes) is 22. The van der Waals surface area contributed by atoms with Crippen molar-refractivity contribution in [2.45, 2.75) is 285 Å². The predicted molar refractivity (Wildman–Crippen MR) is 280 cm³/mol. The third-order valence-electron chi connectivity index (χ3n) is 13.5. The van der Waals surface area contributed by atoms with Gasteiger partial charge in [0.2, 0.25) is 11.8 Å². The Hall–Kier alpha value is -2.16. The molecule has 0 aromatic carbocycles. The summed E-state index contributed by atoms with van der Waals surface area (Å²) in [4.78, 5) is 57.2. The molecule has 1 N–H and O–H groups in total. The number of carbonyl (C=O) groups is 4. The Morgan fingerprint density at radius 2 is 0.803 bits per heavy atom. The zero-order valence-corrected chi connectivity index (χ0v) is 45.0. The number of hydrogen-bond acceptors (Lipinski definition) is 7. The van der Waals surface area contributed by atoms with Crippen molar-refractivity contribution in [2.75, 3.05) is 46.9 Å². The maximum Gasteiger partial charge on any atom is 0.305 e. The highest BCUT2D eigenvalue weighted by Gasteiger charge is 2.29. The van der Waals surface area contributed by atoms with Crippen molar-refractivity contribution in [3.05, 3.63) is 0 Å². The summed E-state index contributed by atoms with van der Waals surface area (Å²) in [6.07, 6.45) is 39.7. The largest absolute Gasteiger partial charge is 0.465 e. The molecule has 0 heterocycles. The second kappa shape index (κ2) is 47.9. The molecule has 0 bridgehead atoms. The van der Waals surface area contributed by atoms with Gasteiger partial charge in [0.1, 0.15) is 6.04 Å². The Morgan fingerprint density at radius 3 is 1.27 bits per heavy atom. The predicted octanol–water partition coefficient (Wildman–Crippen LogP) is 15.1. The highest BCUT2D eigenvalue weighted by molar-refractivity contribution is 5.87. The van der Waals surface area contributed by atoms with Crippen molar-refractivity contribution in [1.29, 1.82) is 0 Å². The molecule has 0 aromatic rings. The molecule has 0 fully saturated rings. The van der Waals surface area contributed by atoms with E-state index in [2.05, 4.69) is 58.9 Å². The monoisotopic (exact) mass is 934 g/mol. The van der Waals surface area contributed by atoms with E-state index in [0.29, 0.717) is 63.8 Å². The van der Waals surface area contributed by atoms with Crippen LogP contribution in [0, 0.1) is 11.8 Å². The minimum Gasteiger partial charge on any atom is -0.465 e. The van der Waals surface area contributed by atoms with E-state index in [9.17, 15) is 19.2 Å². The molecule has 3 atom stereocenters. The van der Waals surface area contributed by atoms with Gasteiger partial charge in [0.15, 0.2) is 0 Å². The van der Waals surface area contributed by atoms with Gasteiger partial charge in [0.05, 0.1) is 13.2 Å². The molecule has 0 saturated carbocycles. The Morgan fingerprint density at radius 1 is 0.409 bits per heavy atom. The highest BCUT2D eigenvalue weighted by Crippen LogP contribution is 2.21. The maximum absolute atomic E-state index is 14.1. The molecule has 3 unspecified atom stereocenters. The van der Waals surface area contributed by atoms with Crippen LogP contribution >= 0.6 is 0 Å². The molecule has 0 spiro atoms. The fourth-order valence-corrected chi connectivity index (χ4v) is 9.09. The fraction of sp³-hybridized carbons (Fsp3) is 0.930. The van der Waals surface area contributed by atoms with Crippen molar-refractivity contribution in [3.63, 3.8) is 0 Å². The Balaban J connectivity index is 5.13. The van der Waals surface area contributed by atoms with Gasteiger partial charge in [0, 0.05) is 32.4 Å². The van der Waals surface area contributed by atoms with Crippen LogP contribution in [-0.2, 0) is 28.7 Å². The van der Waals surface area contributed by atoms with Crippen LogP contribution in [-0.4, -0.2) is 86.5 Å². The van der Waals surface area contributed by atoms with Crippen LogP contribution in [0.1, 0.15) is 279 Å². The summed E-state index contributed by atoms with van der Waals surface area (Å²) in [5.74, 6) is 0.943. The molecule has 0 aromatic heterocycles. The van der Waals surface area contributed by atoms with Crippen molar-refractivity contribution in [3.8, 4) is 0 Å². The molecule has 390 valence electrons. The van der Waals surface area contributed by atoms with E-state index in [0.717, 1.165) is 122 Å². The first-order valence-corrected chi connectivity index (χ1v) is 28.7. The average molecular weight is 935 g/mol. The topological polar surface area (TPSA) is 105 Å². The third-order valence-corrected chi connectivity index (χ3v) is 13.5. The number of esters is 2. The van der Waals surface area contributed by atoms with Gasteiger partial charge in [-0.1, -0.05) is 189 Å². The number of amides is 2. The van der Waals surface area contributed by atoms with Crippen LogP contribution in [0.25, 0.3) is 0 Å². The van der Waals surface area contributed by atoms with Gasteiger partial charge >= 0.3 is 11.9 Å². The fourth-order valence-electron chi connectivity index (χ4n) is 9.09. The van der Waals surface area contributed by atoms with E-state index in [1.54, 1.807) is 0 Å². The summed E-state index contributed by atoms with van der Waals surface area (Å²) < 4.78 is 11.5. The summed E-state index contributed by atoms with van der Waals surface area (Å²) in [5.41, 5.74) is 0. The third kappa shape index (κ3) is 39.8. The molecule has 0 rings (SSSR count). The number of hydrogen-bond donors (Lipinski definition) is 1. The molecule has 0 aliphatic carbocycles. The van der Waals surface area contributed by atoms with Gasteiger partial charge in [-0.2, -0.15) is 0 Å². The molecule has 0 aliphatic heterocycles. The molecule has 0 aliphatic rings. The van der Waals surface area contributed by atoms with Gasteiger partial charge in [-0.3, -0.25) is 19.2 Å². The standard InChI is InChI=1S/C57H111N3O6/c1-8-13-18-21-28-35-46-58-57(64)53(42-37-47-59(6)7)60(48-36-29-23-22-26-33-44-55(62)65-49-51(38-16-11-4)40-30-19-14-9-2)54(61)43-32-25-24-27-34-45-56(63)66-50-52(39-17-12-5)41-31-20-15-10-3/h51-53H,8-50H2,1-7H3,(H,58,64). The van der Waals surface area contributed by atoms with E-state index in [1.807, 2.05) is 4.90 Å². The van der Waals surface area contributed by atoms with Crippen LogP contribution in [0.4, 0.5) is 0 Å². The average Bonchev–Trinajstić information content (AvgIpc) is 3.30.